The van der Waals surface area contributed by atoms with Crippen molar-refractivity contribution in [3.63, 3.8) is 0 Å². The highest BCUT2D eigenvalue weighted by Gasteiger charge is 2.22. The third-order valence-electron chi connectivity index (χ3n) is 4.81. The number of likely N-dealkylation sites (tertiary alicyclic amines) is 1. The van der Waals surface area contributed by atoms with Crippen LogP contribution in [0.2, 0.25) is 0 Å². The number of rotatable bonds is 2. The van der Waals surface area contributed by atoms with Gasteiger partial charge in [-0.3, -0.25) is 4.79 Å². The summed E-state index contributed by atoms with van der Waals surface area (Å²) in [5, 5.41) is 0.848. The van der Waals surface area contributed by atoms with E-state index in [0.717, 1.165) is 24.8 Å². The van der Waals surface area contributed by atoms with Crippen LogP contribution in [0.5, 0.6) is 0 Å². The number of carbonyl (C=O) groups excluding carboxylic acids is 1. The monoisotopic (exact) mass is 384 g/mol. The molecule has 1 atom stereocenters. The predicted octanol–water partition coefficient (Wildman–Crippen LogP) is 3.45. The Morgan fingerprint density at radius 3 is 2.74 bits per heavy atom. The van der Waals surface area contributed by atoms with Crippen LogP contribution in [0, 0.1) is 0 Å². The van der Waals surface area contributed by atoms with Crippen LogP contribution >= 0.6 is 12.4 Å². The zero-order valence-corrected chi connectivity index (χ0v) is 15.6. The quantitative estimate of drug-likeness (QED) is 0.686. The van der Waals surface area contributed by atoms with Gasteiger partial charge in [0.15, 0.2) is 0 Å². The summed E-state index contributed by atoms with van der Waals surface area (Å²) in [5.74, 6) is -0.0489. The molecule has 0 aliphatic carbocycles. The predicted molar refractivity (Wildman–Crippen MR) is 108 cm³/mol. The average molecular weight is 385 g/mol. The first-order valence-electron chi connectivity index (χ1n) is 8.80. The van der Waals surface area contributed by atoms with Crippen molar-refractivity contribution in [1.82, 2.24) is 4.90 Å². The Labute approximate surface area is 163 Å². The van der Waals surface area contributed by atoms with Gasteiger partial charge >= 0.3 is 5.63 Å². The highest BCUT2D eigenvalue weighted by Crippen LogP contribution is 2.23. The van der Waals surface area contributed by atoms with Crippen molar-refractivity contribution in [2.24, 2.45) is 5.73 Å². The molecule has 5 nitrogen and oxygen atoms in total. The minimum absolute atomic E-state index is 0. The number of para-hydroxylation sites is 1. The van der Waals surface area contributed by atoms with Gasteiger partial charge in [0.1, 0.15) is 5.58 Å². The highest BCUT2D eigenvalue weighted by atomic mass is 35.5. The molecule has 1 amide bonds. The summed E-state index contributed by atoms with van der Waals surface area (Å²) in [7, 11) is 0. The van der Waals surface area contributed by atoms with E-state index in [1.165, 1.54) is 0 Å². The molecule has 3 aromatic rings. The van der Waals surface area contributed by atoms with E-state index in [1.807, 2.05) is 30.3 Å². The molecule has 6 heteroatoms. The van der Waals surface area contributed by atoms with Gasteiger partial charge in [0.25, 0.3) is 5.91 Å². The van der Waals surface area contributed by atoms with E-state index in [9.17, 15) is 9.59 Å². The standard InChI is InChI=1S/C21H20N2O3.ClH/c22-17-8-4-10-23(13-17)20(24)16-7-3-6-14(11-16)18-12-15-5-1-2-9-19(15)26-21(18)25;/h1-3,5-7,9,11-12,17H,4,8,10,13,22H2;1H/t17-;/m0./s1. The van der Waals surface area contributed by atoms with Gasteiger partial charge in [0.05, 0.1) is 5.56 Å². The number of nitrogens with two attached hydrogens (primary N) is 1. The van der Waals surface area contributed by atoms with Crippen molar-refractivity contribution in [2.45, 2.75) is 18.9 Å². The molecule has 0 unspecified atom stereocenters. The summed E-state index contributed by atoms with van der Waals surface area (Å²) in [6.45, 7) is 1.29. The lowest BCUT2D eigenvalue weighted by atomic mass is 10.0. The SMILES string of the molecule is Cl.N[C@H]1CCCN(C(=O)c2cccc(-c3cc4ccccc4oc3=O)c2)C1. The first-order valence-corrected chi connectivity index (χ1v) is 8.80. The molecule has 2 aromatic carbocycles. The topological polar surface area (TPSA) is 76.5 Å². The smallest absolute Gasteiger partial charge is 0.344 e. The first kappa shape index (κ1) is 19.1. The molecule has 0 radical (unpaired) electrons. The summed E-state index contributed by atoms with van der Waals surface area (Å²) < 4.78 is 5.41. The molecule has 1 aliphatic rings. The maximum absolute atomic E-state index is 12.8. The van der Waals surface area contributed by atoms with Crippen LogP contribution in [-0.4, -0.2) is 29.9 Å². The molecule has 0 saturated carbocycles. The van der Waals surface area contributed by atoms with E-state index in [-0.39, 0.29) is 24.4 Å². The van der Waals surface area contributed by atoms with Gasteiger partial charge in [0, 0.05) is 30.1 Å². The number of hydrogen-bond acceptors (Lipinski definition) is 4. The van der Waals surface area contributed by atoms with Crippen LogP contribution in [0.1, 0.15) is 23.2 Å². The second-order valence-electron chi connectivity index (χ2n) is 6.72. The lowest BCUT2D eigenvalue weighted by Crippen LogP contribution is -2.45. The van der Waals surface area contributed by atoms with Crippen LogP contribution < -0.4 is 11.4 Å². The van der Waals surface area contributed by atoms with E-state index in [4.69, 9.17) is 10.2 Å². The first-order chi connectivity index (χ1) is 12.6. The molecule has 0 bridgehead atoms. The largest absolute Gasteiger partial charge is 0.422 e. The molecule has 4 rings (SSSR count). The number of fused-ring (bicyclic) bond motifs is 1. The van der Waals surface area contributed by atoms with Crippen molar-refractivity contribution in [2.75, 3.05) is 13.1 Å². The van der Waals surface area contributed by atoms with Gasteiger partial charge in [-0.25, -0.2) is 4.79 Å². The third kappa shape index (κ3) is 3.89. The van der Waals surface area contributed by atoms with Gasteiger partial charge in [0.2, 0.25) is 0 Å². The number of hydrogen-bond donors (Lipinski definition) is 1. The Hall–Kier alpha value is -2.63. The number of carbonyl (C=O) groups is 1. The van der Waals surface area contributed by atoms with Gasteiger partial charge in [-0.2, -0.15) is 0 Å². The maximum atomic E-state index is 12.8. The molecule has 1 aliphatic heterocycles. The Morgan fingerprint density at radius 2 is 1.93 bits per heavy atom. The van der Waals surface area contributed by atoms with Crippen molar-refractivity contribution >= 4 is 29.3 Å². The number of amides is 1. The van der Waals surface area contributed by atoms with E-state index in [1.54, 1.807) is 29.2 Å². The van der Waals surface area contributed by atoms with Crippen LogP contribution in [0.15, 0.2) is 63.8 Å². The van der Waals surface area contributed by atoms with Crippen molar-refractivity contribution in [1.29, 1.82) is 0 Å². The fourth-order valence-electron chi connectivity index (χ4n) is 3.46. The van der Waals surface area contributed by atoms with Gasteiger partial charge in [-0.1, -0.05) is 30.3 Å². The van der Waals surface area contributed by atoms with Gasteiger partial charge < -0.3 is 15.1 Å². The second kappa shape index (κ2) is 7.94. The molecule has 1 saturated heterocycles. The molecular weight excluding hydrogens is 364 g/mol. The summed E-state index contributed by atoms with van der Waals surface area (Å²) in [5.41, 5.74) is 7.82. The molecule has 0 spiro atoms. The minimum Gasteiger partial charge on any atom is -0.422 e. The second-order valence-corrected chi connectivity index (χ2v) is 6.72. The van der Waals surface area contributed by atoms with Crippen LogP contribution in [-0.2, 0) is 0 Å². The van der Waals surface area contributed by atoms with Crippen molar-refractivity contribution in [3.8, 4) is 11.1 Å². The van der Waals surface area contributed by atoms with E-state index >= 15 is 0 Å². The summed E-state index contributed by atoms with van der Waals surface area (Å²) in [6, 6.07) is 16.4. The van der Waals surface area contributed by atoms with Crippen LogP contribution in [0.25, 0.3) is 22.1 Å². The third-order valence-corrected chi connectivity index (χ3v) is 4.81. The molecule has 140 valence electrons. The zero-order valence-electron chi connectivity index (χ0n) is 14.8. The van der Waals surface area contributed by atoms with Crippen molar-refractivity contribution in [3.05, 3.63) is 70.6 Å². The average Bonchev–Trinajstić information content (AvgIpc) is 2.67. The summed E-state index contributed by atoms with van der Waals surface area (Å²) in [6.07, 6.45) is 1.86. The van der Waals surface area contributed by atoms with Gasteiger partial charge in [-0.05, 0) is 42.7 Å². The highest BCUT2D eigenvalue weighted by molar-refractivity contribution is 5.95. The Bertz CT molecular complexity index is 1030. The van der Waals surface area contributed by atoms with E-state index < -0.39 is 5.63 Å². The molecule has 27 heavy (non-hydrogen) atoms. The van der Waals surface area contributed by atoms with Crippen LogP contribution in [0.4, 0.5) is 0 Å². The normalized spacial score (nSPS) is 16.8. The molecule has 2 heterocycles. The fraction of sp³-hybridized carbons (Fsp3) is 0.238. The number of piperidine rings is 1. The lowest BCUT2D eigenvalue weighted by Gasteiger charge is -2.30. The number of nitrogens with zero attached hydrogens (tertiary/aromatic N) is 1. The molecular formula is C21H21ClN2O3. The van der Waals surface area contributed by atoms with E-state index in [0.29, 0.717) is 28.8 Å². The molecule has 1 fully saturated rings. The number of benzene rings is 2. The molecule has 1 aromatic heterocycles. The Kier molecular flexibility index (Phi) is 5.63. The lowest BCUT2D eigenvalue weighted by molar-refractivity contribution is 0.0709. The van der Waals surface area contributed by atoms with Gasteiger partial charge in [-0.15, -0.1) is 12.4 Å². The number of halogens is 1. The molecule has 2 N–H and O–H groups in total. The van der Waals surface area contributed by atoms with Crippen LogP contribution in [0.3, 0.4) is 0 Å². The van der Waals surface area contributed by atoms with Crippen molar-refractivity contribution < 1.29 is 9.21 Å². The maximum Gasteiger partial charge on any atom is 0.344 e. The Morgan fingerprint density at radius 1 is 1.11 bits per heavy atom. The summed E-state index contributed by atoms with van der Waals surface area (Å²) in [4.78, 5) is 27.0. The fourth-order valence-corrected chi connectivity index (χ4v) is 3.46. The summed E-state index contributed by atoms with van der Waals surface area (Å²) >= 11 is 0. The zero-order chi connectivity index (χ0) is 18.1. The van der Waals surface area contributed by atoms with E-state index in [2.05, 4.69) is 0 Å². The Balaban J connectivity index is 0.00000210. The minimum atomic E-state index is -0.409.